The highest BCUT2D eigenvalue weighted by molar-refractivity contribution is 5.95. The van der Waals surface area contributed by atoms with Crippen molar-refractivity contribution in [3.05, 3.63) is 18.0 Å². The molecule has 100 valence electrons. The SMILES string of the molecule is CCOC(=O)c1cc(NC(=O)C(C)CN)cn1C. The van der Waals surface area contributed by atoms with E-state index < -0.39 is 5.97 Å². The van der Waals surface area contributed by atoms with Crippen molar-refractivity contribution >= 4 is 17.6 Å². The van der Waals surface area contributed by atoms with Crippen molar-refractivity contribution in [1.29, 1.82) is 0 Å². The number of aromatic nitrogens is 1. The zero-order valence-corrected chi connectivity index (χ0v) is 10.9. The highest BCUT2D eigenvalue weighted by Crippen LogP contribution is 2.14. The van der Waals surface area contributed by atoms with Crippen LogP contribution in [0.5, 0.6) is 0 Å². The van der Waals surface area contributed by atoms with Crippen molar-refractivity contribution in [3.8, 4) is 0 Å². The molecule has 0 aliphatic rings. The van der Waals surface area contributed by atoms with Gasteiger partial charge in [0.25, 0.3) is 0 Å². The first-order valence-corrected chi connectivity index (χ1v) is 5.84. The Morgan fingerprint density at radius 3 is 2.78 bits per heavy atom. The number of carbonyl (C=O) groups excluding carboxylic acids is 2. The quantitative estimate of drug-likeness (QED) is 0.758. The largest absolute Gasteiger partial charge is 0.461 e. The topological polar surface area (TPSA) is 86.3 Å². The molecule has 6 nitrogen and oxygen atoms in total. The molecular formula is C12H19N3O3. The maximum absolute atomic E-state index is 11.6. The van der Waals surface area contributed by atoms with Crippen molar-refractivity contribution < 1.29 is 14.3 Å². The van der Waals surface area contributed by atoms with Gasteiger partial charge in [0.05, 0.1) is 12.3 Å². The minimum Gasteiger partial charge on any atom is -0.461 e. The van der Waals surface area contributed by atoms with Gasteiger partial charge in [-0.3, -0.25) is 4.79 Å². The molecule has 1 amide bonds. The molecule has 0 saturated heterocycles. The molecule has 1 aromatic rings. The summed E-state index contributed by atoms with van der Waals surface area (Å²) in [6, 6.07) is 1.58. The van der Waals surface area contributed by atoms with Crippen LogP contribution in [0, 0.1) is 5.92 Å². The van der Waals surface area contributed by atoms with Crippen LogP contribution in [0.15, 0.2) is 12.3 Å². The van der Waals surface area contributed by atoms with Crippen LogP contribution in [-0.4, -0.2) is 29.6 Å². The Hall–Kier alpha value is -1.82. The highest BCUT2D eigenvalue weighted by atomic mass is 16.5. The first-order chi connectivity index (χ1) is 8.49. The van der Waals surface area contributed by atoms with Gasteiger partial charge in [0, 0.05) is 25.7 Å². The molecule has 18 heavy (non-hydrogen) atoms. The van der Waals surface area contributed by atoms with Gasteiger partial charge in [0.2, 0.25) is 5.91 Å². The summed E-state index contributed by atoms with van der Waals surface area (Å²) in [6.07, 6.45) is 1.66. The van der Waals surface area contributed by atoms with Gasteiger partial charge < -0.3 is 20.4 Å². The Bertz CT molecular complexity index is 440. The predicted octanol–water partition coefficient (Wildman–Crippen LogP) is 0.735. The molecule has 1 heterocycles. The molecule has 3 N–H and O–H groups in total. The molecule has 0 aliphatic carbocycles. The molecule has 1 rings (SSSR count). The second-order valence-electron chi connectivity index (χ2n) is 4.07. The summed E-state index contributed by atoms with van der Waals surface area (Å²) in [5.74, 6) is -0.845. The summed E-state index contributed by atoms with van der Waals surface area (Å²) in [6.45, 7) is 4.08. The Morgan fingerprint density at radius 1 is 1.56 bits per heavy atom. The third-order valence-electron chi connectivity index (χ3n) is 2.56. The number of nitrogens with one attached hydrogen (secondary N) is 1. The highest BCUT2D eigenvalue weighted by Gasteiger charge is 2.16. The van der Waals surface area contributed by atoms with E-state index in [-0.39, 0.29) is 18.4 Å². The van der Waals surface area contributed by atoms with Crippen LogP contribution in [0.2, 0.25) is 0 Å². The standard InChI is InChI=1S/C12H19N3O3/c1-4-18-12(17)10-5-9(7-15(10)3)14-11(16)8(2)6-13/h5,7-8H,4,6,13H2,1-3H3,(H,14,16). The van der Waals surface area contributed by atoms with E-state index in [0.717, 1.165) is 0 Å². The number of aryl methyl sites for hydroxylation is 1. The Morgan fingerprint density at radius 2 is 2.22 bits per heavy atom. The minimum absolute atomic E-state index is 0.168. The van der Waals surface area contributed by atoms with E-state index in [1.807, 2.05) is 0 Å². The number of anilines is 1. The molecule has 1 aromatic heterocycles. The number of nitrogens with two attached hydrogens (primary N) is 1. The summed E-state index contributed by atoms with van der Waals surface area (Å²) in [5, 5.41) is 2.70. The van der Waals surface area contributed by atoms with Gasteiger partial charge in [0.15, 0.2) is 0 Å². The summed E-state index contributed by atoms with van der Waals surface area (Å²) in [5.41, 5.74) is 6.37. The molecule has 0 aromatic carbocycles. The molecule has 1 atom stereocenters. The lowest BCUT2D eigenvalue weighted by atomic mass is 10.2. The monoisotopic (exact) mass is 253 g/mol. The molecule has 0 spiro atoms. The lowest BCUT2D eigenvalue weighted by Gasteiger charge is -2.07. The molecule has 0 fully saturated rings. The number of rotatable bonds is 5. The Kier molecular flexibility index (Phi) is 4.91. The number of esters is 1. The van der Waals surface area contributed by atoms with Crippen LogP contribution in [0.4, 0.5) is 5.69 Å². The molecule has 0 aliphatic heterocycles. The van der Waals surface area contributed by atoms with E-state index >= 15 is 0 Å². The van der Waals surface area contributed by atoms with E-state index in [0.29, 0.717) is 18.0 Å². The zero-order valence-electron chi connectivity index (χ0n) is 10.9. The second-order valence-corrected chi connectivity index (χ2v) is 4.07. The van der Waals surface area contributed by atoms with Crippen LogP contribution >= 0.6 is 0 Å². The van der Waals surface area contributed by atoms with Crippen LogP contribution in [0.3, 0.4) is 0 Å². The lowest BCUT2D eigenvalue weighted by Crippen LogP contribution is -2.26. The molecule has 0 saturated carbocycles. The zero-order chi connectivity index (χ0) is 13.7. The third kappa shape index (κ3) is 3.33. The number of amides is 1. The first-order valence-electron chi connectivity index (χ1n) is 5.84. The average molecular weight is 253 g/mol. The van der Waals surface area contributed by atoms with Gasteiger partial charge in [0.1, 0.15) is 5.69 Å². The fraction of sp³-hybridized carbons (Fsp3) is 0.500. The fourth-order valence-corrected chi connectivity index (χ4v) is 1.41. The number of carbonyl (C=O) groups is 2. The summed E-state index contributed by atoms with van der Waals surface area (Å²) < 4.78 is 6.52. The van der Waals surface area contributed by atoms with E-state index in [4.69, 9.17) is 10.5 Å². The normalized spacial score (nSPS) is 12.0. The summed E-state index contributed by atoms with van der Waals surface area (Å²) >= 11 is 0. The van der Waals surface area contributed by atoms with Gasteiger partial charge in [-0.2, -0.15) is 0 Å². The predicted molar refractivity (Wildman–Crippen MR) is 68.2 cm³/mol. The van der Waals surface area contributed by atoms with Crippen LogP contribution < -0.4 is 11.1 Å². The van der Waals surface area contributed by atoms with Crippen LogP contribution in [0.1, 0.15) is 24.3 Å². The molecular weight excluding hydrogens is 234 g/mol. The van der Waals surface area contributed by atoms with Crippen molar-refractivity contribution in [1.82, 2.24) is 4.57 Å². The van der Waals surface area contributed by atoms with Crippen molar-refractivity contribution in [3.63, 3.8) is 0 Å². The molecule has 0 radical (unpaired) electrons. The number of ether oxygens (including phenoxy) is 1. The van der Waals surface area contributed by atoms with Gasteiger partial charge in [-0.05, 0) is 13.0 Å². The number of hydrogen-bond acceptors (Lipinski definition) is 4. The second kappa shape index (κ2) is 6.20. The molecule has 1 unspecified atom stereocenters. The van der Waals surface area contributed by atoms with Crippen molar-refractivity contribution in [2.24, 2.45) is 18.7 Å². The average Bonchev–Trinajstić information content (AvgIpc) is 2.69. The maximum atomic E-state index is 11.6. The number of hydrogen-bond donors (Lipinski definition) is 2. The first kappa shape index (κ1) is 14.2. The number of nitrogens with zero attached hydrogens (tertiary/aromatic N) is 1. The molecule has 0 bridgehead atoms. The van der Waals surface area contributed by atoms with Gasteiger partial charge in [-0.1, -0.05) is 6.92 Å². The summed E-state index contributed by atoms with van der Waals surface area (Å²) in [7, 11) is 1.72. The van der Waals surface area contributed by atoms with E-state index in [9.17, 15) is 9.59 Å². The maximum Gasteiger partial charge on any atom is 0.355 e. The fourth-order valence-electron chi connectivity index (χ4n) is 1.41. The smallest absolute Gasteiger partial charge is 0.355 e. The minimum atomic E-state index is -0.410. The van der Waals surface area contributed by atoms with E-state index in [1.54, 1.807) is 37.7 Å². The van der Waals surface area contributed by atoms with Crippen molar-refractivity contribution in [2.75, 3.05) is 18.5 Å². The third-order valence-corrected chi connectivity index (χ3v) is 2.56. The van der Waals surface area contributed by atoms with Crippen LogP contribution in [-0.2, 0) is 16.6 Å². The Labute approximate surface area is 106 Å². The molecule has 6 heteroatoms. The van der Waals surface area contributed by atoms with Crippen LogP contribution in [0.25, 0.3) is 0 Å². The van der Waals surface area contributed by atoms with E-state index in [2.05, 4.69) is 5.32 Å². The van der Waals surface area contributed by atoms with Gasteiger partial charge >= 0.3 is 5.97 Å². The summed E-state index contributed by atoms with van der Waals surface area (Å²) in [4.78, 5) is 23.2. The Balaban J connectivity index is 2.78. The van der Waals surface area contributed by atoms with Gasteiger partial charge in [-0.15, -0.1) is 0 Å². The van der Waals surface area contributed by atoms with Crippen molar-refractivity contribution in [2.45, 2.75) is 13.8 Å². The van der Waals surface area contributed by atoms with Gasteiger partial charge in [-0.25, -0.2) is 4.79 Å². The lowest BCUT2D eigenvalue weighted by molar-refractivity contribution is -0.119. The van der Waals surface area contributed by atoms with E-state index in [1.165, 1.54) is 0 Å².